The number of rotatable bonds is 7. The second-order valence-electron chi connectivity index (χ2n) is 6.95. The fraction of sp³-hybridized carbons (Fsp3) is 0.444. The van der Waals surface area contributed by atoms with Gasteiger partial charge in [0.2, 0.25) is 0 Å². The van der Waals surface area contributed by atoms with Gasteiger partial charge >= 0.3 is 35.5 Å². The molecule has 0 aliphatic rings. The predicted molar refractivity (Wildman–Crippen MR) is 108 cm³/mol. The van der Waals surface area contributed by atoms with E-state index in [-0.39, 0.29) is 29.6 Å². The zero-order valence-corrected chi connectivity index (χ0v) is 16.4. The van der Waals surface area contributed by atoms with Crippen LogP contribution in [0.4, 0.5) is 0 Å². The summed E-state index contributed by atoms with van der Waals surface area (Å²) < 4.78 is 7.59. The molecule has 0 fully saturated rings. The maximum absolute atomic E-state index is 9.38. The van der Waals surface area contributed by atoms with E-state index in [1.165, 1.54) is 6.07 Å². The molecule has 2 aromatic rings. The van der Waals surface area contributed by atoms with Gasteiger partial charge in [-0.05, 0) is 17.7 Å². The van der Waals surface area contributed by atoms with Crippen molar-refractivity contribution in [2.24, 2.45) is 0 Å². The van der Waals surface area contributed by atoms with E-state index in [1.54, 1.807) is 0 Å². The van der Waals surface area contributed by atoms with Gasteiger partial charge in [0.15, 0.2) is 0 Å². The summed E-state index contributed by atoms with van der Waals surface area (Å²) in [7, 11) is -1.04. The number of benzene rings is 1. The number of hydrogen-bond acceptors (Lipinski definition) is 5. The summed E-state index contributed by atoms with van der Waals surface area (Å²) in [5.74, 6) is -1.07. The Kier molecular flexibility index (Phi) is 11.9. The first-order chi connectivity index (χ1) is 12.3. The minimum atomic E-state index is -1.07. The fourth-order valence-electron chi connectivity index (χ4n) is 2.02. The third-order valence-corrected chi connectivity index (χ3v) is 5.14. The number of nitrogens with zero attached hydrogens (tertiary/aromatic N) is 4. The van der Waals surface area contributed by atoms with Crippen molar-refractivity contribution in [2.45, 2.75) is 45.3 Å². The van der Waals surface area contributed by atoms with Gasteiger partial charge in [-0.2, -0.15) is 15.6 Å². The zero-order chi connectivity index (χ0) is 19.6. The van der Waals surface area contributed by atoms with Crippen LogP contribution in [0, 0.1) is 22.7 Å². The summed E-state index contributed by atoms with van der Waals surface area (Å²) in [6, 6.07) is 10.8. The molecular formula is C18H25N4NaO3Si. The quantitative estimate of drug-likeness (QED) is 0.569. The monoisotopic (exact) mass is 396 g/mol. The van der Waals surface area contributed by atoms with Gasteiger partial charge in [0, 0.05) is 20.1 Å². The van der Waals surface area contributed by atoms with E-state index < -0.39 is 20.5 Å². The number of aromatic nitrogens is 2. The van der Waals surface area contributed by atoms with Crippen LogP contribution in [0.15, 0.2) is 24.4 Å². The van der Waals surface area contributed by atoms with E-state index >= 15 is 0 Å². The second-order valence-corrected chi connectivity index (χ2v) is 12.6. The Morgan fingerprint density at radius 1 is 1.30 bits per heavy atom. The number of hydrogen-bond donors (Lipinski definition) is 1. The molecule has 1 aromatic carbocycles. The van der Waals surface area contributed by atoms with Crippen molar-refractivity contribution in [3.05, 3.63) is 30.0 Å². The molecule has 7 nitrogen and oxygen atoms in total. The van der Waals surface area contributed by atoms with E-state index in [9.17, 15) is 4.79 Å². The molecule has 0 spiro atoms. The summed E-state index contributed by atoms with van der Waals surface area (Å²) in [4.78, 5) is 9.38. The Morgan fingerprint density at radius 3 is 2.52 bits per heavy atom. The molecule has 1 aromatic heterocycles. The average Bonchev–Trinajstić information content (AvgIpc) is 2.94. The average molecular weight is 396 g/mol. The van der Waals surface area contributed by atoms with Crippen LogP contribution in [0.1, 0.15) is 12.0 Å². The number of nitriles is 2. The molecule has 0 aliphatic heterocycles. The molecule has 0 atom stereocenters. The molecule has 0 saturated carbocycles. The van der Waals surface area contributed by atoms with Crippen LogP contribution in [-0.2, 0) is 22.7 Å². The van der Waals surface area contributed by atoms with E-state index in [1.807, 2.05) is 29.1 Å². The number of fused-ring (bicyclic) bond motifs is 1. The molecular weight excluding hydrogens is 371 g/mol. The third kappa shape index (κ3) is 10.3. The molecule has 0 bridgehead atoms. The SMILES string of the molecule is C[Si](C)(C)CCOCn1ncc2ccc(CC#N)cc21.N#CCC(=O)O.[NaH]. The van der Waals surface area contributed by atoms with Gasteiger partial charge in [0.1, 0.15) is 13.2 Å². The summed E-state index contributed by atoms with van der Waals surface area (Å²) in [5, 5.41) is 29.5. The van der Waals surface area contributed by atoms with Crippen molar-refractivity contribution in [3.8, 4) is 12.1 Å². The molecule has 9 heteroatoms. The molecule has 2 rings (SSSR count). The first-order valence-electron chi connectivity index (χ1n) is 8.24. The fourth-order valence-corrected chi connectivity index (χ4v) is 2.77. The van der Waals surface area contributed by atoms with Gasteiger partial charge in [-0.25, -0.2) is 4.68 Å². The predicted octanol–water partition coefficient (Wildman–Crippen LogP) is 2.75. The number of ether oxygens (including phenoxy) is 1. The van der Waals surface area contributed by atoms with Crippen molar-refractivity contribution in [1.82, 2.24) is 9.78 Å². The molecule has 0 amide bonds. The van der Waals surface area contributed by atoms with Crippen molar-refractivity contribution in [1.29, 1.82) is 10.5 Å². The number of aliphatic carboxylic acids is 1. The van der Waals surface area contributed by atoms with Crippen LogP contribution in [-0.4, -0.2) is 65.1 Å². The van der Waals surface area contributed by atoms with Crippen molar-refractivity contribution in [2.75, 3.05) is 6.61 Å². The molecule has 1 N–H and O–H groups in total. The first-order valence-corrected chi connectivity index (χ1v) is 12.0. The minimum absolute atomic E-state index is 0. The van der Waals surface area contributed by atoms with Crippen LogP contribution < -0.4 is 0 Å². The van der Waals surface area contributed by atoms with Crippen molar-refractivity contribution >= 4 is 54.5 Å². The van der Waals surface area contributed by atoms with E-state index in [0.717, 1.165) is 29.1 Å². The van der Waals surface area contributed by atoms with E-state index in [2.05, 4.69) is 30.8 Å². The molecule has 27 heavy (non-hydrogen) atoms. The number of carbonyl (C=O) groups is 1. The van der Waals surface area contributed by atoms with Gasteiger partial charge in [-0.3, -0.25) is 4.79 Å². The number of carboxylic acids is 1. The van der Waals surface area contributed by atoms with E-state index in [0.29, 0.717) is 13.2 Å². The molecule has 0 unspecified atom stereocenters. The van der Waals surface area contributed by atoms with Gasteiger partial charge < -0.3 is 9.84 Å². The standard InChI is InChI=1S/C15H21N3OSi.C3H3NO2.Na.H/c1-20(2,3)9-8-19-12-18-15-10-13(6-7-16)4-5-14(15)11-17-18;4-2-1-3(5)6;;/h4-5,10-11H,6,8-9,12H2,1-3H3;1H2,(H,5,6);;. The van der Waals surface area contributed by atoms with Crippen LogP contribution in [0.5, 0.6) is 0 Å². The van der Waals surface area contributed by atoms with E-state index in [4.69, 9.17) is 20.4 Å². The summed E-state index contributed by atoms with van der Waals surface area (Å²) in [6.45, 7) is 8.29. The molecule has 0 aliphatic carbocycles. The Morgan fingerprint density at radius 2 is 2.00 bits per heavy atom. The Bertz CT molecular complexity index is 819. The number of carboxylic acid groups (broad SMARTS) is 1. The van der Waals surface area contributed by atoms with Crippen LogP contribution in [0.3, 0.4) is 0 Å². The van der Waals surface area contributed by atoms with Gasteiger partial charge in [0.25, 0.3) is 0 Å². The summed E-state index contributed by atoms with van der Waals surface area (Å²) >= 11 is 0. The molecule has 1 heterocycles. The maximum atomic E-state index is 9.38. The normalized spacial score (nSPS) is 10.1. The van der Waals surface area contributed by atoms with Crippen LogP contribution in [0.2, 0.25) is 25.7 Å². The zero-order valence-electron chi connectivity index (χ0n) is 15.4. The Hall–Kier alpha value is -1.68. The Balaban J connectivity index is 0.000000842. The summed E-state index contributed by atoms with van der Waals surface area (Å²) in [6.07, 6.45) is 1.87. The van der Waals surface area contributed by atoms with Gasteiger partial charge in [-0.1, -0.05) is 31.8 Å². The first kappa shape index (κ1) is 25.3. The van der Waals surface area contributed by atoms with Crippen LogP contribution in [0.25, 0.3) is 10.9 Å². The van der Waals surface area contributed by atoms with Crippen LogP contribution >= 0.6 is 0 Å². The third-order valence-electron chi connectivity index (χ3n) is 3.43. The second kappa shape index (κ2) is 12.7. The van der Waals surface area contributed by atoms with Crippen molar-refractivity contribution < 1.29 is 14.6 Å². The van der Waals surface area contributed by atoms with Gasteiger partial charge in [-0.15, -0.1) is 0 Å². The topological polar surface area (TPSA) is 112 Å². The summed E-state index contributed by atoms with van der Waals surface area (Å²) in [5.41, 5.74) is 2.05. The molecule has 140 valence electrons. The van der Waals surface area contributed by atoms with Gasteiger partial charge in [0.05, 0.1) is 30.3 Å². The molecule has 0 radical (unpaired) electrons. The molecule has 0 saturated heterocycles. The Labute approximate surface area is 182 Å². The van der Waals surface area contributed by atoms with Crippen molar-refractivity contribution in [3.63, 3.8) is 0 Å².